The SMILES string of the molecule is CCCC(N)CC(=O)N1CCCC1C1CCCCC1. The lowest BCUT2D eigenvalue weighted by molar-refractivity contribution is -0.133. The molecule has 19 heavy (non-hydrogen) atoms. The summed E-state index contributed by atoms with van der Waals surface area (Å²) in [6.07, 6.45) is 11.8. The van der Waals surface area contributed by atoms with Gasteiger partial charge in [0.25, 0.3) is 0 Å². The summed E-state index contributed by atoms with van der Waals surface area (Å²) in [7, 11) is 0. The van der Waals surface area contributed by atoms with E-state index in [1.54, 1.807) is 0 Å². The zero-order chi connectivity index (χ0) is 13.7. The Bertz CT molecular complexity index is 286. The first-order valence-corrected chi connectivity index (χ1v) is 8.27. The second-order valence-electron chi connectivity index (χ2n) is 6.45. The van der Waals surface area contributed by atoms with Crippen LogP contribution in [0.4, 0.5) is 0 Å². The van der Waals surface area contributed by atoms with Crippen molar-refractivity contribution in [2.45, 2.75) is 83.2 Å². The van der Waals surface area contributed by atoms with E-state index in [9.17, 15) is 4.79 Å². The van der Waals surface area contributed by atoms with Crippen LogP contribution in [0, 0.1) is 5.92 Å². The molecule has 0 aromatic heterocycles. The van der Waals surface area contributed by atoms with Crippen LogP contribution < -0.4 is 5.73 Å². The maximum absolute atomic E-state index is 12.4. The summed E-state index contributed by atoms with van der Waals surface area (Å²) in [5, 5.41) is 0. The molecule has 1 aliphatic carbocycles. The van der Waals surface area contributed by atoms with E-state index >= 15 is 0 Å². The van der Waals surface area contributed by atoms with Crippen LogP contribution in [0.25, 0.3) is 0 Å². The predicted molar refractivity (Wildman–Crippen MR) is 78.8 cm³/mol. The average Bonchev–Trinajstić information content (AvgIpc) is 2.89. The molecule has 0 bridgehead atoms. The largest absolute Gasteiger partial charge is 0.339 e. The number of hydrogen-bond donors (Lipinski definition) is 1. The number of amides is 1. The molecule has 110 valence electrons. The van der Waals surface area contributed by atoms with Gasteiger partial charge in [-0.25, -0.2) is 0 Å². The van der Waals surface area contributed by atoms with E-state index in [1.165, 1.54) is 44.9 Å². The molecule has 0 spiro atoms. The maximum atomic E-state index is 12.4. The lowest BCUT2D eigenvalue weighted by Gasteiger charge is -2.34. The molecule has 2 rings (SSSR count). The Morgan fingerprint density at radius 2 is 1.95 bits per heavy atom. The Hall–Kier alpha value is -0.570. The zero-order valence-corrected chi connectivity index (χ0v) is 12.4. The van der Waals surface area contributed by atoms with Crippen molar-refractivity contribution in [1.29, 1.82) is 0 Å². The van der Waals surface area contributed by atoms with Crippen molar-refractivity contribution in [2.24, 2.45) is 11.7 Å². The van der Waals surface area contributed by atoms with Gasteiger partial charge in [-0.05, 0) is 38.0 Å². The third-order valence-corrected chi connectivity index (χ3v) is 4.91. The van der Waals surface area contributed by atoms with Gasteiger partial charge in [0.05, 0.1) is 0 Å². The fourth-order valence-electron chi connectivity index (χ4n) is 3.93. The molecule has 1 aliphatic heterocycles. The number of hydrogen-bond acceptors (Lipinski definition) is 2. The van der Waals surface area contributed by atoms with Gasteiger partial charge >= 0.3 is 0 Å². The van der Waals surface area contributed by atoms with E-state index in [-0.39, 0.29) is 6.04 Å². The first-order chi connectivity index (χ1) is 9.22. The molecule has 2 N–H and O–H groups in total. The number of nitrogens with zero attached hydrogens (tertiary/aromatic N) is 1. The van der Waals surface area contributed by atoms with Gasteiger partial charge in [0.2, 0.25) is 5.91 Å². The van der Waals surface area contributed by atoms with Crippen molar-refractivity contribution < 1.29 is 4.79 Å². The Morgan fingerprint density at radius 1 is 1.21 bits per heavy atom. The van der Waals surface area contributed by atoms with Crippen molar-refractivity contribution in [1.82, 2.24) is 4.90 Å². The fourth-order valence-corrected chi connectivity index (χ4v) is 3.93. The molecule has 2 atom stereocenters. The lowest BCUT2D eigenvalue weighted by Crippen LogP contribution is -2.42. The molecule has 1 heterocycles. The molecular weight excluding hydrogens is 236 g/mol. The lowest BCUT2D eigenvalue weighted by atomic mass is 9.83. The molecule has 0 aromatic rings. The van der Waals surface area contributed by atoms with Gasteiger partial charge in [0, 0.05) is 25.0 Å². The van der Waals surface area contributed by atoms with Crippen molar-refractivity contribution in [3.05, 3.63) is 0 Å². The third-order valence-electron chi connectivity index (χ3n) is 4.91. The summed E-state index contributed by atoms with van der Waals surface area (Å²) in [6, 6.07) is 0.590. The van der Waals surface area contributed by atoms with Crippen molar-refractivity contribution in [3.8, 4) is 0 Å². The molecule has 2 fully saturated rings. The average molecular weight is 266 g/mol. The zero-order valence-electron chi connectivity index (χ0n) is 12.4. The number of nitrogens with two attached hydrogens (primary N) is 1. The Morgan fingerprint density at radius 3 is 2.63 bits per heavy atom. The van der Waals surface area contributed by atoms with Crippen molar-refractivity contribution >= 4 is 5.91 Å². The van der Waals surface area contributed by atoms with Crippen LogP contribution in [0.2, 0.25) is 0 Å². The molecular formula is C16H30N2O. The summed E-state index contributed by atoms with van der Waals surface area (Å²) in [6.45, 7) is 3.10. The predicted octanol–water partition coefficient (Wildman–Crippen LogP) is 3.08. The van der Waals surface area contributed by atoms with Gasteiger partial charge in [-0.2, -0.15) is 0 Å². The van der Waals surface area contributed by atoms with Crippen molar-refractivity contribution in [2.75, 3.05) is 6.54 Å². The minimum atomic E-state index is 0.0603. The van der Waals surface area contributed by atoms with Gasteiger partial charge in [-0.15, -0.1) is 0 Å². The second-order valence-corrected chi connectivity index (χ2v) is 6.45. The van der Waals surface area contributed by atoms with Crippen LogP contribution in [0.3, 0.4) is 0 Å². The molecule has 1 saturated heterocycles. The Balaban J connectivity index is 1.88. The minimum Gasteiger partial charge on any atom is -0.339 e. The summed E-state index contributed by atoms with van der Waals surface area (Å²) >= 11 is 0. The van der Waals surface area contributed by atoms with Gasteiger partial charge in [-0.3, -0.25) is 4.79 Å². The molecule has 2 aliphatic rings. The van der Waals surface area contributed by atoms with Gasteiger partial charge in [-0.1, -0.05) is 32.6 Å². The normalized spacial score (nSPS) is 26.6. The summed E-state index contributed by atoms with van der Waals surface area (Å²) in [5.74, 6) is 1.08. The van der Waals surface area contributed by atoms with E-state index in [0.717, 1.165) is 25.3 Å². The molecule has 0 aromatic carbocycles. The van der Waals surface area contributed by atoms with Crippen LogP contribution in [-0.2, 0) is 4.79 Å². The standard InChI is InChI=1S/C16H30N2O/c1-2-7-14(17)12-16(19)18-11-6-10-15(18)13-8-4-3-5-9-13/h13-15H,2-12,17H2,1H3. The number of rotatable bonds is 5. The van der Waals surface area contributed by atoms with Gasteiger partial charge in [0.1, 0.15) is 0 Å². The van der Waals surface area contributed by atoms with Gasteiger partial charge in [0.15, 0.2) is 0 Å². The van der Waals surface area contributed by atoms with Crippen LogP contribution in [0.15, 0.2) is 0 Å². The maximum Gasteiger partial charge on any atom is 0.224 e. The van der Waals surface area contributed by atoms with Gasteiger partial charge < -0.3 is 10.6 Å². The van der Waals surface area contributed by atoms with Crippen LogP contribution >= 0.6 is 0 Å². The number of likely N-dealkylation sites (tertiary alicyclic amines) is 1. The highest BCUT2D eigenvalue weighted by Crippen LogP contribution is 2.34. The highest BCUT2D eigenvalue weighted by atomic mass is 16.2. The number of carbonyl (C=O) groups excluding carboxylic acids is 1. The molecule has 0 radical (unpaired) electrons. The third kappa shape index (κ3) is 3.95. The van der Waals surface area contributed by atoms with E-state index in [1.807, 2.05) is 0 Å². The molecule has 1 saturated carbocycles. The molecule has 2 unspecified atom stereocenters. The summed E-state index contributed by atoms with van der Waals surface area (Å²) < 4.78 is 0. The minimum absolute atomic E-state index is 0.0603. The highest BCUT2D eigenvalue weighted by Gasteiger charge is 2.35. The first kappa shape index (κ1) is 14.8. The second kappa shape index (κ2) is 7.28. The van der Waals surface area contributed by atoms with Crippen LogP contribution in [0.5, 0.6) is 0 Å². The van der Waals surface area contributed by atoms with E-state index in [2.05, 4.69) is 11.8 Å². The quantitative estimate of drug-likeness (QED) is 0.831. The van der Waals surface area contributed by atoms with E-state index in [4.69, 9.17) is 5.73 Å². The van der Waals surface area contributed by atoms with E-state index < -0.39 is 0 Å². The molecule has 3 heteroatoms. The topological polar surface area (TPSA) is 46.3 Å². The molecule has 1 amide bonds. The van der Waals surface area contributed by atoms with Crippen LogP contribution in [0.1, 0.15) is 71.1 Å². The number of carbonyl (C=O) groups is 1. The highest BCUT2D eigenvalue weighted by molar-refractivity contribution is 5.77. The Kier molecular flexibility index (Phi) is 5.68. The Labute approximate surface area is 117 Å². The molecule has 3 nitrogen and oxygen atoms in total. The monoisotopic (exact) mass is 266 g/mol. The van der Waals surface area contributed by atoms with Crippen molar-refractivity contribution in [3.63, 3.8) is 0 Å². The first-order valence-electron chi connectivity index (χ1n) is 8.27. The summed E-state index contributed by atoms with van der Waals surface area (Å²) in [4.78, 5) is 14.6. The fraction of sp³-hybridized carbons (Fsp3) is 0.938. The van der Waals surface area contributed by atoms with Crippen LogP contribution in [-0.4, -0.2) is 29.4 Å². The summed E-state index contributed by atoms with van der Waals surface area (Å²) in [5.41, 5.74) is 6.03. The van der Waals surface area contributed by atoms with E-state index in [0.29, 0.717) is 18.4 Å². The smallest absolute Gasteiger partial charge is 0.224 e.